The number of hydrogen-bond donors (Lipinski definition) is 2. The van der Waals surface area contributed by atoms with Crippen molar-refractivity contribution >= 4 is 21.7 Å². The summed E-state index contributed by atoms with van der Waals surface area (Å²) in [6.07, 6.45) is 0.318. The van der Waals surface area contributed by atoms with Crippen LogP contribution in [0.4, 0.5) is 0 Å². The summed E-state index contributed by atoms with van der Waals surface area (Å²) in [6.45, 7) is -0.00345. The number of nitrogens with one attached hydrogen (secondary N) is 1. The lowest BCUT2D eigenvalue weighted by Crippen LogP contribution is -2.30. The van der Waals surface area contributed by atoms with Crippen molar-refractivity contribution in [2.24, 2.45) is 5.73 Å². The highest BCUT2D eigenvalue weighted by molar-refractivity contribution is 7.90. The van der Waals surface area contributed by atoms with E-state index < -0.39 is 15.7 Å². The minimum atomic E-state index is -3.23. The molecule has 3 N–H and O–H groups in total. The molecule has 0 radical (unpaired) electrons. The van der Waals surface area contributed by atoms with E-state index in [1.807, 2.05) is 6.07 Å². The zero-order valence-corrected chi connectivity index (χ0v) is 15.6. The minimum absolute atomic E-state index is 0.0102. The van der Waals surface area contributed by atoms with Gasteiger partial charge in [-0.3, -0.25) is 9.59 Å². The van der Waals surface area contributed by atoms with Crippen molar-refractivity contribution in [3.8, 4) is 5.75 Å². The number of benzene rings is 2. The molecule has 144 valence electrons. The van der Waals surface area contributed by atoms with Crippen molar-refractivity contribution < 1.29 is 22.7 Å². The lowest BCUT2D eigenvalue weighted by Gasteiger charge is -2.08. The molecular weight excluding hydrogens is 368 g/mol. The minimum Gasteiger partial charge on any atom is -0.484 e. The molecule has 0 heterocycles. The molecule has 0 aliphatic carbocycles. The number of carbonyl (C=O) groups is 2. The summed E-state index contributed by atoms with van der Waals surface area (Å²) < 4.78 is 29.4. The molecule has 27 heavy (non-hydrogen) atoms. The molecule has 0 aliphatic rings. The van der Waals surface area contributed by atoms with Crippen LogP contribution in [0.15, 0.2) is 54.6 Å². The quantitative estimate of drug-likeness (QED) is 0.593. The van der Waals surface area contributed by atoms with Gasteiger partial charge in [-0.25, -0.2) is 8.42 Å². The Labute approximate surface area is 158 Å². The number of carbonyl (C=O) groups excluding carboxylic acids is 2. The number of rotatable bonds is 10. The van der Waals surface area contributed by atoms with Crippen LogP contribution in [-0.2, 0) is 20.4 Å². The van der Waals surface area contributed by atoms with Crippen molar-refractivity contribution in [3.63, 3.8) is 0 Å². The largest absolute Gasteiger partial charge is 0.484 e. The van der Waals surface area contributed by atoms with Gasteiger partial charge in [0.05, 0.1) is 11.5 Å². The molecule has 2 amide bonds. The Morgan fingerprint density at radius 1 is 1.04 bits per heavy atom. The Bertz CT molecular complexity index is 882. The average molecular weight is 390 g/mol. The van der Waals surface area contributed by atoms with Crippen LogP contribution in [0.2, 0.25) is 0 Å². The van der Waals surface area contributed by atoms with E-state index in [4.69, 9.17) is 10.5 Å². The van der Waals surface area contributed by atoms with Gasteiger partial charge in [0.1, 0.15) is 5.75 Å². The monoisotopic (exact) mass is 390 g/mol. The van der Waals surface area contributed by atoms with E-state index in [1.54, 1.807) is 42.5 Å². The van der Waals surface area contributed by atoms with Gasteiger partial charge in [0, 0.05) is 12.1 Å². The van der Waals surface area contributed by atoms with Crippen LogP contribution in [0.1, 0.15) is 22.3 Å². The summed E-state index contributed by atoms with van der Waals surface area (Å²) in [5, 5.41) is 2.61. The highest BCUT2D eigenvalue weighted by Gasteiger charge is 2.12. The molecule has 0 aliphatic heterocycles. The molecule has 7 nitrogen and oxygen atoms in total. The first-order chi connectivity index (χ1) is 12.9. The number of hydrogen-bond acceptors (Lipinski definition) is 5. The van der Waals surface area contributed by atoms with Crippen LogP contribution in [-0.4, -0.2) is 39.1 Å². The van der Waals surface area contributed by atoms with E-state index in [2.05, 4.69) is 5.32 Å². The highest BCUT2D eigenvalue weighted by atomic mass is 32.2. The Morgan fingerprint density at radius 2 is 1.78 bits per heavy atom. The zero-order chi connectivity index (χ0) is 19.7. The molecule has 0 atom stereocenters. The fourth-order valence-corrected chi connectivity index (χ4v) is 3.79. The summed E-state index contributed by atoms with van der Waals surface area (Å²) in [4.78, 5) is 22.9. The molecule has 8 heteroatoms. The van der Waals surface area contributed by atoms with Crippen molar-refractivity contribution in [1.82, 2.24) is 5.32 Å². The standard InChI is InChI=1S/C19H22N2O5S/c20-19(23)16-8-4-9-17(12-16)26-13-18(22)21-10-5-11-27(24,25)14-15-6-2-1-3-7-15/h1-4,6-9,12H,5,10-11,13-14H2,(H2,20,23)(H,21,22). The SMILES string of the molecule is NC(=O)c1cccc(OCC(=O)NCCCS(=O)(=O)Cc2ccccc2)c1. The predicted molar refractivity (Wildman–Crippen MR) is 102 cm³/mol. The Kier molecular flexibility index (Phi) is 7.36. The van der Waals surface area contributed by atoms with Crippen molar-refractivity contribution in [2.75, 3.05) is 18.9 Å². The molecule has 2 rings (SSSR count). The number of primary amides is 1. The molecule has 0 saturated heterocycles. The molecule has 2 aromatic carbocycles. The van der Waals surface area contributed by atoms with E-state index in [0.29, 0.717) is 12.2 Å². The Hall–Kier alpha value is -2.87. The fraction of sp³-hybridized carbons (Fsp3) is 0.263. The second-order valence-electron chi connectivity index (χ2n) is 5.96. The predicted octanol–water partition coefficient (Wildman–Crippen LogP) is 1.29. The van der Waals surface area contributed by atoms with Gasteiger partial charge in [0.15, 0.2) is 16.4 Å². The van der Waals surface area contributed by atoms with E-state index in [1.165, 1.54) is 6.07 Å². The summed E-state index contributed by atoms with van der Waals surface area (Å²) >= 11 is 0. The molecule has 2 aromatic rings. The van der Waals surface area contributed by atoms with Gasteiger partial charge in [-0.1, -0.05) is 36.4 Å². The second kappa shape index (κ2) is 9.72. The smallest absolute Gasteiger partial charge is 0.257 e. The van der Waals surface area contributed by atoms with Gasteiger partial charge in [-0.15, -0.1) is 0 Å². The molecule has 0 spiro atoms. The molecule has 0 unspecified atom stereocenters. The average Bonchev–Trinajstić information content (AvgIpc) is 2.64. The summed E-state index contributed by atoms with van der Waals surface area (Å²) in [5.74, 6) is -0.626. The second-order valence-corrected chi connectivity index (χ2v) is 8.15. The van der Waals surface area contributed by atoms with E-state index >= 15 is 0 Å². The van der Waals surface area contributed by atoms with E-state index in [0.717, 1.165) is 5.56 Å². The van der Waals surface area contributed by atoms with Gasteiger partial charge < -0.3 is 15.8 Å². The maximum absolute atomic E-state index is 12.1. The third kappa shape index (κ3) is 7.49. The lowest BCUT2D eigenvalue weighted by molar-refractivity contribution is -0.123. The van der Waals surface area contributed by atoms with E-state index in [-0.39, 0.29) is 36.1 Å². The van der Waals surface area contributed by atoms with Gasteiger partial charge >= 0.3 is 0 Å². The van der Waals surface area contributed by atoms with Crippen LogP contribution >= 0.6 is 0 Å². The number of sulfone groups is 1. The summed E-state index contributed by atoms with van der Waals surface area (Å²) in [5.41, 5.74) is 6.21. The molecular formula is C19H22N2O5S. The van der Waals surface area contributed by atoms with Crippen LogP contribution < -0.4 is 15.8 Å². The van der Waals surface area contributed by atoms with Crippen molar-refractivity contribution in [1.29, 1.82) is 0 Å². The van der Waals surface area contributed by atoms with Gasteiger partial charge in [-0.05, 0) is 30.2 Å². The van der Waals surface area contributed by atoms with E-state index in [9.17, 15) is 18.0 Å². The third-order valence-electron chi connectivity index (χ3n) is 3.67. The van der Waals surface area contributed by atoms with Crippen LogP contribution in [0, 0.1) is 0 Å². The fourth-order valence-electron chi connectivity index (χ4n) is 2.36. The maximum Gasteiger partial charge on any atom is 0.257 e. The summed E-state index contributed by atoms with van der Waals surface area (Å²) in [7, 11) is -3.23. The number of amides is 2. The van der Waals surface area contributed by atoms with Gasteiger partial charge in [0.2, 0.25) is 5.91 Å². The first-order valence-electron chi connectivity index (χ1n) is 8.39. The molecule has 0 fully saturated rings. The topological polar surface area (TPSA) is 116 Å². The molecule has 0 aromatic heterocycles. The first-order valence-corrected chi connectivity index (χ1v) is 10.2. The Morgan fingerprint density at radius 3 is 2.48 bits per heavy atom. The number of nitrogens with two attached hydrogens (primary N) is 1. The van der Waals surface area contributed by atoms with Crippen LogP contribution in [0.5, 0.6) is 5.75 Å². The molecule has 0 saturated carbocycles. The third-order valence-corrected chi connectivity index (χ3v) is 5.36. The summed E-state index contributed by atoms with van der Waals surface area (Å²) in [6, 6.07) is 15.2. The molecule has 0 bridgehead atoms. The normalized spacial score (nSPS) is 11.0. The Balaban J connectivity index is 1.68. The number of ether oxygens (including phenoxy) is 1. The van der Waals surface area contributed by atoms with Crippen molar-refractivity contribution in [2.45, 2.75) is 12.2 Å². The maximum atomic E-state index is 12.1. The van der Waals surface area contributed by atoms with Gasteiger partial charge in [-0.2, -0.15) is 0 Å². The van der Waals surface area contributed by atoms with Gasteiger partial charge in [0.25, 0.3) is 5.91 Å². The first kappa shape index (κ1) is 20.4. The van der Waals surface area contributed by atoms with Crippen LogP contribution in [0.3, 0.4) is 0 Å². The lowest BCUT2D eigenvalue weighted by atomic mass is 10.2. The zero-order valence-electron chi connectivity index (χ0n) is 14.8. The van der Waals surface area contributed by atoms with Crippen molar-refractivity contribution in [3.05, 3.63) is 65.7 Å². The highest BCUT2D eigenvalue weighted by Crippen LogP contribution is 2.12. The van der Waals surface area contributed by atoms with Crippen LogP contribution in [0.25, 0.3) is 0 Å².